The summed E-state index contributed by atoms with van der Waals surface area (Å²) in [6.07, 6.45) is 2.23. The fraction of sp³-hybridized carbons (Fsp3) is 0.130. The van der Waals surface area contributed by atoms with Crippen LogP contribution in [0.25, 0.3) is 22.0 Å². The minimum Gasteiger partial charge on any atom is -0.298 e. The maximum atomic E-state index is 12.6. The number of hydrogen-bond donors (Lipinski definition) is 1. The smallest absolute Gasteiger partial charge is 0.257 e. The molecule has 1 N–H and O–H groups in total. The van der Waals surface area contributed by atoms with E-state index in [1.54, 1.807) is 0 Å². The fourth-order valence-electron chi connectivity index (χ4n) is 3.09. The van der Waals surface area contributed by atoms with Gasteiger partial charge in [-0.15, -0.1) is 11.3 Å². The normalized spacial score (nSPS) is 10.9. The van der Waals surface area contributed by atoms with Crippen LogP contribution in [-0.4, -0.2) is 10.9 Å². The SMILES string of the molecule is CCCc1ccc(-c2csc(NC(=O)c3ccc4ccccc4c3)n2)cc1. The maximum Gasteiger partial charge on any atom is 0.257 e. The monoisotopic (exact) mass is 372 g/mol. The van der Waals surface area contributed by atoms with Gasteiger partial charge in [-0.25, -0.2) is 4.98 Å². The molecule has 27 heavy (non-hydrogen) atoms. The third-order valence-electron chi connectivity index (χ3n) is 4.52. The van der Waals surface area contributed by atoms with Crippen LogP contribution in [0.4, 0.5) is 5.13 Å². The van der Waals surface area contributed by atoms with Crippen molar-refractivity contribution in [1.82, 2.24) is 4.98 Å². The lowest BCUT2D eigenvalue weighted by Crippen LogP contribution is -2.11. The van der Waals surface area contributed by atoms with E-state index in [1.165, 1.54) is 16.9 Å². The van der Waals surface area contributed by atoms with E-state index in [1.807, 2.05) is 47.8 Å². The number of aromatic nitrogens is 1. The number of rotatable bonds is 5. The Balaban J connectivity index is 1.50. The summed E-state index contributed by atoms with van der Waals surface area (Å²) in [5, 5.41) is 7.68. The van der Waals surface area contributed by atoms with Crippen LogP contribution in [-0.2, 0) is 6.42 Å². The predicted molar refractivity (Wildman–Crippen MR) is 113 cm³/mol. The molecule has 0 spiro atoms. The lowest BCUT2D eigenvalue weighted by atomic mass is 10.1. The number of nitrogens with one attached hydrogen (secondary N) is 1. The molecule has 0 aliphatic carbocycles. The summed E-state index contributed by atoms with van der Waals surface area (Å²) in [5.74, 6) is -0.139. The Labute approximate surface area is 162 Å². The molecule has 0 fully saturated rings. The van der Waals surface area contributed by atoms with Crippen LogP contribution in [0.15, 0.2) is 72.1 Å². The van der Waals surface area contributed by atoms with Gasteiger partial charge in [-0.3, -0.25) is 10.1 Å². The van der Waals surface area contributed by atoms with Crippen LogP contribution < -0.4 is 5.32 Å². The quantitative estimate of drug-likeness (QED) is 0.455. The molecular formula is C23H20N2OS. The minimum absolute atomic E-state index is 0.139. The van der Waals surface area contributed by atoms with E-state index < -0.39 is 0 Å². The summed E-state index contributed by atoms with van der Waals surface area (Å²) >= 11 is 1.44. The van der Waals surface area contributed by atoms with E-state index in [2.05, 4.69) is 41.5 Å². The second-order valence-corrected chi connectivity index (χ2v) is 7.36. The van der Waals surface area contributed by atoms with Crippen LogP contribution in [0.1, 0.15) is 29.3 Å². The van der Waals surface area contributed by atoms with E-state index in [4.69, 9.17) is 0 Å². The third-order valence-corrected chi connectivity index (χ3v) is 5.28. The maximum absolute atomic E-state index is 12.6. The highest BCUT2D eigenvalue weighted by Crippen LogP contribution is 2.26. The molecule has 0 aliphatic rings. The number of aryl methyl sites for hydroxylation is 1. The van der Waals surface area contributed by atoms with Crippen LogP contribution in [0.5, 0.6) is 0 Å². The highest BCUT2D eigenvalue weighted by molar-refractivity contribution is 7.14. The van der Waals surface area contributed by atoms with Crippen LogP contribution in [0, 0.1) is 0 Å². The zero-order chi connectivity index (χ0) is 18.6. The van der Waals surface area contributed by atoms with Crippen molar-refractivity contribution in [1.29, 1.82) is 0 Å². The molecule has 0 radical (unpaired) electrons. The zero-order valence-corrected chi connectivity index (χ0v) is 15.9. The summed E-state index contributed by atoms with van der Waals surface area (Å²) in [5.41, 5.74) is 3.92. The molecule has 134 valence electrons. The Morgan fingerprint density at radius 3 is 2.56 bits per heavy atom. The molecule has 0 saturated heterocycles. The first-order valence-electron chi connectivity index (χ1n) is 9.08. The van der Waals surface area contributed by atoms with Crippen molar-refractivity contribution in [2.75, 3.05) is 5.32 Å². The Morgan fingerprint density at radius 2 is 1.78 bits per heavy atom. The fourth-order valence-corrected chi connectivity index (χ4v) is 3.81. The van der Waals surface area contributed by atoms with Gasteiger partial charge >= 0.3 is 0 Å². The van der Waals surface area contributed by atoms with E-state index in [-0.39, 0.29) is 5.91 Å². The van der Waals surface area contributed by atoms with E-state index >= 15 is 0 Å². The van der Waals surface area contributed by atoms with Gasteiger partial charge in [-0.2, -0.15) is 0 Å². The number of nitrogens with zero attached hydrogens (tertiary/aromatic N) is 1. The van der Waals surface area contributed by atoms with Crippen LogP contribution in [0.2, 0.25) is 0 Å². The molecule has 1 heterocycles. The van der Waals surface area contributed by atoms with E-state index in [0.29, 0.717) is 10.7 Å². The molecule has 0 unspecified atom stereocenters. The summed E-state index contributed by atoms with van der Waals surface area (Å²) in [4.78, 5) is 17.1. The number of thiazole rings is 1. The Bertz CT molecular complexity index is 1080. The summed E-state index contributed by atoms with van der Waals surface area (Å²) < 4.78 is 0. The summed E-state index contributed by atoms with van der Waals surface area (Å²) in [6.45, 7) is 2.18. The highest BCUT2D eigenvalue weighted by Gasteiger charge is 2.10. The van der Waals surface area contributed by atoms with Gasteiger partial charge in [0.15, 0.2) is 5.13 Å². The van der Waals surface area contributed by atoms with Crippen LogP contribution >= 0.6 is 11.3 Å². The number of amides is 1. The van der Waals surface area contributed by atoms with Gasteiger partial charge in [-0.1, -0.05) is 67.9 Å². The average Bonchev–Trinajstić information content (AvgIpc) is 3.17. The molecule has 1 aromatic heterocycles. The number of anilines is 1. The zero-order valence-electron chi connectivity index (χ0n) is 15.1. The molecule has 3 aromatic carbocycles. The number of carbonyl (C=O) groups is 1. The molecule has 3 nitrogen and oxygen atoms in total. The summed E-state index contributed by atoms with van der Waals surface area (Å²) in [7, 11) is 0. The first-order chi connectivity index (χ1) is 13.2. The first-order valence-corrected chi connectivity index (χ1v) is 9.96. The lowest BCUT2D eigenvalue weighted by Gasteiger charge is -2.04. The van der Waals surface area contributed by atoms with Crippen molar-refractivity contribution in [2.45, 2.75) is 19.8 Å². The summed E-state index contributed by atoms with van der Waals surface area (Å²) in [6, 6.07) is 22.2. The molecule has 0 atom stereocenters. The first kappa shape index (κ1) is 17.4. The molecule has 1 amide bonds. The molecule has 0 aliphatic heterocycles. The molecule has 4 rings (SSSR count). The van der Waals surface area contributed by atoms with Crippen molar-refractivity contribution in [3.63, 3.8) is 0 Å². The number of hydrogen-bond acceptors (Lipinski definition) is 3. The standard InChI is InChI=1S/C23H20N2OS/c1-2-5-16-8-10-18(11-9-16)21-15-27-23(24-21)25-22(26)20-13-12-17-6-3-4-7-19(17)14-20/h3-4,6-15H,2,5H2,1H3,(H,24,25,26). The van der Waals surface area contributed by atoms with E-state index in [0.717, 1.165) is 34.9 Å². The highest BCUT2D eigenvalue weighted by atomic mass is 32.1. The van der Waals surface area contributed by atoms with Crippen molar-refractivity contribution in [3.05, 3.63) is 83.2 Å². The second-order valence-electron chi connectivity index (χ2n) is 6.50. The van der Waals surface area contributed by atoms with Gasteiger partial charge in [0.2, 0.25) is 0 Å². The Kier molecular flexibility index (Phi) is 4.99. The number of fused-ring (bicyclic) bond motifs is 1. The van der Waals surface area contributed by atoms with Gasteiger partial charge < -0.3 is 0 Å². The average molecular weight is 372 g/mol. The van der Waals surface area contributed by atoms with Gasteiger partial charge in [0.05, 0.1) is 5.69 Å². The second kappa shape index (κ2) is 7.72. The molecular weight excluding hydrogens is 352 g/mol. The van der Waals surface area contributed by atoms with Gasteiger partial charge in [0.1, 0.15) is 0 Å². The lowest BCUT2D eigenvalue weighted by molar-refractivity contribution is 0.102. The Hall–Kier alpha value is -2.98. The molecule has 0 saturated carbocycles. The third kappa shape index (κ3) is 3.91. The predicted octanol–water partition coefficient (Wildman–Crippen LogP) is 6.17. The van der Waals surface area contributed by atoms with Crippen molar-refractivity contribution >= 4 is 33.1 Å². The van der Waals surface area contributed by atoms with Gasteiger partial charge in [0.25, 0.3) is 5.91 Å². The Morgan fingerprint density at radius 1 is 1.00 bits per heavy atom. The van der Waals surface area contributed by atoms with Gasteiger partial charge in [-0.05, 0) is 34.9 Å². The minimum atomic E-state index is -0.139. The van der Waals surface area contributed by atoms with Crippen molar-refractivity contribution in [3.8, 4) is 11.3 Å². The molecule has 4 heteroatoms. The molecule has 0 bridgehead atoms. The van der Waals surface area contributed by atoms with Crippen molar-refractivity contribution in [2.24, 2.45) is 0 Å². The topological polar surface area (TPSA) is 42.0 Å². The number of carbonyl (C=O) groups excluding carboxylic acids is 1. The largest absolute Gasteiger partial charge is 0.298 e. The van der Waals surface area contributed by atoms with Crippen LogP contribution in [0.3, 0.4) is 0 Å². The van der Waals surface area contributed by atoms with Crippen molar-refractivity contribution < 1.29 is 4.79 Å². The number of benzene rings is 3. The molecule has 4 aromatic rings. The van der Waals surface area contributed by atoms with Gasteiger partial charge in [0, 0.05) is 16.5 Å². The van der Waals surface area contributed by atoms with E-state index in [9.17, 15) is 4.79 Å².